The summed E-state index contributed by atoms with van der Waals surface area (Å²) in [5.41, 5.74) is 1.43. The predicted molar refractivity (Wildman–Crippen MR) is 124 cm³/mol. The average molecular weight is 542 g/mol. The van der Waals surface area contributed by atoms with Crippen molar-refractivity contribution in [1.29, 1.82) is 0 Å². The summed E-state index contributed by atoms with van der Waals surface area (Å²) in [6.45, 7) is 6.31. The third-order valence-electron chi connectivity index (χ3n) is 4.39. The van der Waals surface area contributed by atoms with Crippen molar-refractivity contribution in [2.45, 2.75) is 25.2 Å². The second-order valence-corrected chi connectivity index (χ2v) is 7.92. The lowest BCUT2D eigenvalue weighted by Crippen LogP contribution is -2.41. The molecule has 25 heavy (non-hydrogen) atoms. The van der Waals surface area contributed by atoms with Crippen LogP contribution in [0.1, 0.15) is 25.3 Å². The highest BCUT2D eigenvalue weighted by atomic mass is 127. The molecule has 0 bridgehead atoms. The summed E-state index contributed by atoms with van der Waals surface area (Å²) >= 11 is 5.37. The Morgan fingerprint density at radius 1 is 1.24 bits per heavy atom. The second kappa shape index (κ2) is 12.4. The average Bonchev–Trinajstić information content (AvgIpc) is 2.61. The van der Waals surface area contributed by atoms with Crippen LogP contribution in [0, 0.1) is 0 Å². The number of ether oxygens (including phenoxy) is 1. The van der Waals surface area contributed by atoms with Crippen LogP contribution in [0.15, 0.2) is 33.7 Å². The van der Waals surface area contributed by atoms with Gasteiger partial charge >= 0.3 is 0 Å². The van der Waals surface area contributed by atoms with Gasteiger partial charge < -0.3 is 15.4 Å². The van der Waals surface area contributed by atoms with Gasteiger partial charge in [-0.25, -0.2) is 0 Å². The zero-order valence-corrected chi connectivity index (χ0v) is 19.7. The van der Waals surface area contributed by atoms with E-state index in [2.05, 4.69) is 64.0 Å². The third kappa shape index (κ3) is 7.27. The normalized spacial score (nSPS) is 16.8. The first-order valence-corrected chi connectivity index (χ1v) is 10.7. The molecule has 2 N–H and O–H groups in total. The summed E-state index contributed by atoms with van der Waals surface area (Å²) in [6, 6.07) is 8.69. The van der Waals surface area contributed by atoms with Crippen molar-refractivity contribution in [3.05, 3.63) is 34.3 Å². The number of rotatable bonds is 7. The highest BCUT2D eigenvalue weighted by Crippen LogP contribution is 2.35. The molecule has 0 amide bonds. The molecule has 0 atom stereocenters. The molecule has 0 unspecified atom stereocenters. The molecule has 1 aliphatic heterocycles. The summed E-state index contributed by atoms with van der Waals surface area (Å²) in [5.74, 6) is 1.99. The topological polar surface area (TPSA) is 45.7 Å². The number of hydrogen-bond acceptors (Lipinski definition) is 3. The van der Waals surface area contributed by atoms with E-state index in [1.807, 2.05) is 11.8 Å². The van der Waals surface area contributed by atoms with Crippen LogP contribution in [0.2, 0.25) is 0 Å². The quantitative estimate of drug-likeness (QED) is 0.237. The number of benzene rings is 1. The van der Waals surface area contributed by atoms with Gasteiger partial charge in [0, 0.05) is 41.9 Å². The van der Waals surface area contributed by atoms with E-state index in [0.29, 0.717) is 0 Å². The maximum absolute atomic E-state index is 5.61. The minimum absolute atomic E-state index is 0. The van der Waals surface area contributed by atoms with Gasteiger partial charge in [-0.3, -0.25) is 4.99 Å². The zero-order valence-electron chi connectivity index (χ0n) is 15.0. The van der Waals surface area contributed by atoms with Crippen molar-refractivity contribution < 1.29 is 4.74 Å². The molecule has 1 aromatic rings. The lowest BCUT2D eigenvalue weighted by Gasteiger charge is -2.36. The summed E-state index contributed by atoms with van der Waals surface area (Å²) < 4.78 is 6.73. The highest BCUT2D eigenvalue weighted by Gasteiger charge is 2.34. The van der Waals surface area contributed by atoms with Gasteiger partial charge in [0.2, 0.25) is 0 Å². The molecule has 2 rings (SSSR count). The van der Waals surface area contributed by atoms with Crippen LogP contribution in [0.25, 0.3) is 0 Å². The van der Waals surface area contributed by atoms with Crippen molar-refractivity contribution in [2.24, 2.45) is 4.99 Å². The molecule has 142 valence electrons. The van der Waals surface area contributed by atoms with Crippen LogP contribution < -0.4 is 10.6 Å². The van der Waals surface area contributed by atoms with E-state index < -0.39 is 0 Å². The largest absolute Gasteiger partial charge is 0.381 e. The van der Waals surface area contributed by atoms with Gasteiger partial charge in [-0.2, -0.15) is 11.8 Å². The molecule has 0 aromatic heterocycles. The first-order chi connectivity index (χ1) is 11.7. The van der Waals surface area contributed by atoms with Crippen molar-refractivity contribution >= 4 is 57.6 Å². The standard InChI is InChI=1S/C18H28BrN3OS.HI/c1-3-20-17(21-10-13-24-2)22-14-18(8-11-23-12-9-18)15-4-6-16(19)7-5-15;/h4-7H,3,8-14H2,1-2H3,(H2,20,21,22);1H. The molecule has 1 fully saturated rings. The Balaban J connectivity index is 0.00000312. The third-order valence-corrected chi connectivity index (χ3v) is 5.53. The number of halogens is 2. The maximum atomic E-state index is 5.61. The zero-order chi connectivity index (χ0) is 17.3. The summed E-state index contributed by atoms with van der Waals surface area (Å²) in [4.78, 5) is 4.90. The molecule has 1 aromatic carbocycles. The molecule has 4 nitrogen and oxygen atoms in total. The number of aliphatic imine (C=N–C) groups is 1. The second-order valence-electron chi connectivity index (χ2n) is 6.01. The fraction of sp³-hybridized carbons (Fsp3) is 0.611. The molecular formula is C18H29BrIN3OS. The van der Waals surface area contributed by atoms with Gasteiger partial charge in [0.05, 0.1) is 6.54 Å². The molecule has 0 saturated carbocycles. The number of nitrogens with zero attached hydrogens (tertiary/aromatic N) is 1. The van der Waals surface area contributed by atoms with E-state index in [9.17, 15) is 0 Å². The van der Waals surface area contributed by atoms with Crippen molar-refractivity contribution in [2.75, 3.05) is 44.9 Å². The first-order valence-electron chi connectivity index (χ1n) is 8.55. The Bertz CT molecular complexity index is 522. The Morgan fingerprint density at radius 2 is 1.92 bits per heavy atom. The monoisotopic (exact) mass is 541 g/mol. The Labute approximate surface area is 181 Å². The lowest BCUT2D eigenvalue weighted by molar-refractivity contribution is 0.0531. The van der Waals surface area contributed by atoms with E-state index in [4.69, 9.17) is 9.73 Å². The lowest BCUT2D eigenvalue weighted by atomic mass is 9.74. The van der Waals surface area contributed by atoms with E-state index >= 15 is 0 Å². The van der Waals surface area contributed by atoms with Crippen LogP contribution in [0.4, 0.5) is 0 Å². The molecule has 7 heteroatoms. The van der Waals surface area contributed by atoms with Crippen LogP contribution in [-0.2, 0) is 10.2 Å². The first kappa shape index (κ1) is 23.0. The van der Waals surface area contributed by atoms with Crippen LogP contribution in [0.5, 0.6) is 0 Å². The molecular weight excluding hydrogens is 513 g/mol. The molecule has 0 spiro atoms. The Morgan fingerprint density at radius 3 is 2.52 bits per heavy atom. The summed E-state index contributed by atoms with van der Waals surface area (Å²) in [7, 11) is 0. The van der Waals surface area contributed by atoms with Crippen LogP contribution in [-0.4, -0.2) is 50.8 Å². The predicted octanol–water partition coefficient (Wildman–Crippen LogP) is 4.03. The van der Waals surface area contributed by atoms with E-state index in [0.717, 1.165) is 61.9 Å². The van der Waals surface area contributed by atoms with Gasteiger partial charge in [-0.05, 0) is 43.7 Å². The number of nitrogens with one attached hydrogen (secondary N) is 2. The summed E-state index contributed by atoms with van der Waals surface area (Å²) in [5, 5.41) is 6.77. The fourth-order valence-electron chi connectivity index (χ4n) is 2.95. The van der Waals surface area contributed by atoms with E-state index in [-0.39, 0.29) is 29.4 Å². The maximum Gasteiger partial charge on any atom is 0.191 e. The number of thioether (sulfide) groups is 1. The SMILES string of the molecule is CCNC(=NCC1(c2ccc(Br)cc2)CCOCC1)NCCSC.I. The highest BCUT2D eigenvalue weighted by molar-refractivity contribution is 14.0. The molecule has 0 radical (unpaired) electrons. The van der Waals surface area contributed by atoms with Crippen LogP contribution in [0.3, 0.4) is 0 Å². The molecule has 0 aliphatic carbocycles. The molecule has 1 heterocycles. The van der Waals surface area contributed by atoms with Gasteiger partial charge in [0.15, 0.2) is 5.96 Å². The fourth-order valence-corrected chi connectivity index (χ4v) is 3.52. The Kier molecular flexibility index (Phi) is 11.4. The summed E-state index contributed by atoms with van der Waals surface area (Å²) in [6.07, 6.45) is 4.15. The molecule has 1 saturated heterocycles. The Hall–Kier alpha value is 0.01000. The van der Waals surface area contributed by atoms with Crippen molar-refractivity contribution in [1.82, 2.24) is 10.6 Å². The van der Waals surface area contributed by atoms with Gasteiger partial charge in [-0.15, -0.1) is 24.0 Å². The van der Waals surface area contributed by atoms with Gasteiger partial charge in [-0.1, -0.05) is 28.1 Å². The molecule has 1 aliphatic rings. The van der Waals surface area contributed by atoms with Crippen LogP contribution >= 0.6 is 51.7 Å². The van der Waals surface area contributed by atoms with E-state index in [1.165, 1.54) is 5.56 Å². The van der Waals surface area contributed by atoms with Crippen molar-refractivity contribution in [3.8, 4) is 0 Å². The number of guanidine groups is 1. The van der Waals surface area contributed by atoms with E-state index in [1.54, 1.807) is 0 Å². The number of hydrogen-bond donors (Lipinski definition) is 2. The minimum atomic E-state index is 0. The smallest absolute Gasteiger partial charge is 0.191 e. The minimum Gasteiger partial charge on any atom is -0.381 e. The van der Waals surface area contributed by atoms with Gasteiger partial charge in [0.25, 0.3) is 0 Å². The van der Waals surface area contributed by atoms with Gasteiger partial charge in [0.1, 0.15) is 0 Å². The van der Waals surface area contributed by atoms with Crippen molar-refractivity contribution in [3.63, 3.8) is 0 Å².